The molecule has 2 N–H and O–H groups in total. The highest BCUT2D eigenvalue weighted by Gasteiger charge is 2.38. The fourth-order valence-electron chi connectivity index (χ4n) is 2.06. The lowest BCUT2D eigenvalue weighted by Gasteiger charge is -2.31. The van der Waals surface area contributed by atoms with Crippen LogP contribution in [0.2, 0.25) is 0 Å². The van der Waals surface area contributed by atoms with E-state index in [9.17, 15) is 9.90 Å². The molecule has 0 fully saturated rings. The Morgan fingerprint density at radius 3 is 2.63 bits per heavy atom. The van der Waals surface area contributed by atoms with E-state index < -0.39 is 11.5 Å². The maximum Gasteiger partial charge on any atom is 0.328 e. The molecule has 0 bridgehead atoms. The first kappa shape index (κ1) is 15.5. The summed E-state index contributed by atoms with van der Waals surface area (Å²) in [6, 6.07) is 5.69. The van der Waals surface area contributed by atoms with Gasteiger partial charge in [-0.05, 0) is 39.3 Å². The van der Waals surface area contributed by atoms with E-state index in [0.29, 0.717) is 11.3 Å². The Morgan fingerprint density at radius 1 is 1.53 bits per heavy atom. The van der Waals surface area contributed by atoms with Gasteiger partial charge in [-0.1, -0.05) is 18.6 Å². The van der Waals surface area contributed by atoms with Crippen LogP contribution >= 0.6 is 0 Å². The molecule has 0 heterocycles. The van der Waals surface area contributed by atoms with E-state index in [1.807, 2.05) is 39.0 Å². The molecule has 1 aromatic carbocycles. The molecule has 4 nitrogen and oxygen atoms in total. The van der Waals surface area contributed by atoms with E-state index >= 15 is 0 Å². The number of methoxy groups -OCH3 is 1. The molecule has 1 aromatic rings. The molecule has 1 rings (SSSR count). The Labute approximate surface area is 114 Å². The molecular weight excluding hydrogens is 242 g/mol. The Kier molecular flexibility index (Phi) is 4.95. The third-order valence-electron chi connectivity index (χ3n) is 3.47. The van der Waals surface area contributed by atoms with E-state index in [-0.39, 0.29) is 6.04 Å². The molecule has 0 aromatic heterocycles. The van der Waals surface area contributed by atoms with Gasteiger partial charge in [-0.2, -0.15) is 0 Å². The first-order chi connectivity index (χ1) is 8.85. The van der Waals surface area contributed by atoms with Crippen LogP contribution < -0.4 is 10.1 Å². The summed E-state index contributed by atoms with van der Waals surface area (Å²) >= 11 is 0. The Morgan fingerprint density at radius 2 is 2.16 bits per heavy atom. The summed E-state index contributed by atoms with van der Waals surface area (Å²) in [4.78, 5) is 11.7. The fourth-order valence-corrected chi connectivity index (χ4v) is 2.06. The van der Waals surface area contributed by atoms with Crippen molar-refractivity contribution in [3.63, 3.8) is 0 Å². The lowest BCUT2D eigenvalue weighted by molar-refractivity contribution is -0.145. The van der Waals surface area contributed by atoms with Crippen LogP contribution in [0, 0.1) is 6.92 Å². The highest BCUT2D eigenvalue weighted by atomic mass is 16.5. The standard InChI is InChI=1S/C15H23NO3/c1-6-11(3)16-15(4,14(17)18)12-9-10(2)7-8-13(12)19-5/h7-9,11,16H,6H2,1-5H3,(H,17,18). The first-order valence-corrected chi connectivity index (χ1v) is 6.51. The summed E-state index contributed by atoms with van der Waals surface area (Å²) < 4.78 is 5.31. The quantitative estimate of drug-likeness (QED) is 0.830. The molecule has 0 amide bonds. The van der Waals surface area contributed by atoms with Gasteiger partial charge in [0.2, 0.25) is 0 Å². The molecule has 2 atom stereocenters. The number of hydrogen-bond donors (Lipinski definition) is 2. The van der Waals surface area contributed by atoms with Crippen LogP contribution in [0.5, 0.6) is 5.75 Å². The lowest BCUT2D eigenvalue weighted by atomic mass is 9.89. The van der Waals surface area contributed by atoms with Crippen molar-refractivity contribution >= 4 is 5.97 Å². The summed E-state index contributed by atoms with van der Waals surface area (Å²) in [5.74, 6) is -0.317. The minimum Gasteiger partial charge on any atom is -0.496 e. The van der Waals surface area contributed by atoms with E-state index in [0.717, 1.165) is 12.0 Å². The average molecular weight is 265 g/mol. The summed E-state index contributed by atoms with van der Waals surface area (Å²) in [5, 5.41) is 12.8. The van der Waals surface area contributed by atoms with Crippen molar-refractivity contribution in [2.75, 3.05) is 7.11 Å². The molecule has 2 unspecified atom stereocenters. The first-order valence-electron chi connectivity index (χ1n) is 6.51. The summed E-state index contributed by atoms with van der Waals surface area (Å²) in [6.45, 7) is 7.62. The van der Waals surface area contributed by atoms with Gasteiger partial charge in [-0.3, -0.25) is 5.32 Å². The van der Waals surface area contributed by atoms with Crippen molar-refractivity contribution in [1.29, 1.82) is 0 Å². The van der Waals surface area contributed by atoms with Crippen molar-refractivity contribution in [2.24, 2.45) is 0 Å². The zero-order valence-electron chi connectivity index (χ0n) is 12.3. The van der Waals surface area contributed by atoms with Gasteiger partial charge in [-0.25, -0.2) is 4.79 Å². The predicted molar refractivity (Wildman–Crippen MR) is 75.6 cm³/mol. The largest absolute Gasteiger partial charge is 0.496 e. The van der Waals surface area contributed by atoms with Crippen molar-refractivity contribution < 1.29 is 14.6 Å². The van der Waals surface area contributed by atoms with E-state index in [4.69, 9.17) is 4.74 Å². The van der Waals surface area contributed by atoms with Gasteiger partial charge >= 0.3 is 5.97 Å². The second kappa shape index (κ2) is 6.06. The highest BCUT2D eigenvalue weighted by Crippen LogP contribution is 2.31. The minimum atomic E-state index is -1.16. The van der Waals surface area contributed by atoms with Crippen LogP contribution in [-0.2, 0) is 10.3 Å². The van der Waals surface area contributed by atoms with Gasteiger partial charge in [-0.15, -0.1) is 0 Å². The Balaban J connectivity index is 3.33. The highest BCUT2D eigenvalue weighted by molar-refractivity contribution is 5.81. The molecule has 0 saturated carbocycles. The number of rotatable bonds is 6. The number of benzene rings is 1. The summed E-state index contributed by atoms with van der Waals surface area (Å²) in [7, 11) is 1.56. The fraction of sp³-hybridized carbons (Fsp3) is 0.533. The number of carbonyl (C=O) groups is 1. The van der Waals surface area contributed by atoms with E-state index in [2.05, 4.69) is 5.32 Å². The molecule has 0 saturated heterocycles. The van der Waals surface area contributed by atoms with Crippen molar-refractivity contribution in [3.8, 4) is 5.75 Å². The predicted octanol–water partition coefficient (Wildman–Crippen LogP) is 2.69. The third kappa shape index (κ3) is 3.26. The maximum atomic E-state index is 11.7. The van der Waals surface area contributed by atoms with Gasteiger partial charge in [0.15, 0.2) is 0 Å². The normalized spacial score (nSPS) is 15.6. The maximum absolute atomic E-state index is 11.7. The molecule has 19 heavy (non-hydrogen) atoms. The lowest BCUT2D eigenvalue weighted by Crippen LogP contribution is -2.50. The van der Waals surface area contributed by atoms with Crippen molar-refractivity contribution in [3.05, 3.63) is 29.3 Å². The van der Waals surface area contributed by atoms with Crippen molar-refractivity contribution in [1.82, 2.24) is 5.32 Å². The SMILES string of the molecule is CCC(C)NC(C)(C(=O)O)c1cc(C)ccc1OC. The molecule has 0 aliphatic heterocycles. The molecule has 0 spiro atoms. The van der Waals surface area contributed by atoms with Crippen LogP contribution in [-0.4, -0.2) is 24.2 Å². The number of aliphatic carboxylic acids is 1. The molecular formula is C15H23NO3. The second-order valence-electron chi connectivity index (χ2n) is 5.09. The number of nitrogens with one attached hydrogen (secondary N) is 1. The Bertz CT molecular complexity index is 459. The number of carboxylic acids is 1. The van der Waals surface area contributed by atoms with Gasteiger partial charge < -0.3 is 9.84 Å². The van der Waals surface area contributed by atoms with Crippen LogP contribution in [0.4, 0.5) is 0 Å². The molecule has 4 heteroatoms. The molecule has 106 valence electrons. The van der Waals surface area contributed by atoms with Crippen LogP contribution in [0.25, 0.3) is 0 Å². The smallest absolute Gasteiger partial charge is 0.328 e. The molecule has 0 aliphatic carbocycles. The topological polar surface area (TPSA) is 58.6 Å². The summed E-state index contributed by atoms with van der Waals surface area (Å²) in [5.41, 5.74) is 0.504. The Hall–Kier alpha value is -1.55. The van der Waals surface area contributed by atoms with Crippen LogP contribution in [0.15, 0.2) is 18.2 Å². The van der Waals surface area contributed by atoms with Gasteiger partial charge in [0.1, 0.15) is 11.3 Å². The average Bonchev–Trinajstić information content (AvgIpc) is 2.38. The summed E-state index contributed by atoms with van der Waals surface area (Å²) in [6.07, 6.45) is 0.858. The second-order valence-corrected chi connectivity index (χ2v) is 5.09. The monoisotopic (exact) mass is 265 g/mol. The number of hydrogen-bond acceptors (Lipinski definition) is 3. The van der Waals surface area contributed by atoms with Gasteiger partial charge in [0.05, 0.1) is 7.11 Å². The molecule has 0 radical (unpaired) electrons. The minimum absolute atomic E-state index is 0.103. The van der Waals surface area contributed by atoms with Gasteiger partial charge in [0, 0.05) is 11.6 Å². The third-order valence-corrected chi connectivity index (χ3v) is 3.47. The van der Waals surface area contributed by atoms with Crippen LogP contribution in [0.3, 0.4) is 0 Å². The van der Waals surface area contributed by atoms with Crippen molar-refractivity contribution in [2.45, 2.75) is 45.7 Å². The van der Waals surface area contributed by atoms with Crippen LogP contribution in [0.1, 0.15) is 38.3 Å². The number of ether oxygens (including phenoxy) is 1. The zero-order chi connectivity index (χ0) is 14.6. The number of aryl methyl sites for hydroxylation is 1. The molecule has 0 aliphatic rings. The zero-order valence-corrected chi connectivity index (χ0v) is 12.3. The van der Waals surface area contributed by atoms with Gasteiger partial charge in [0.25, 0.3) is 0 Å². The van der Waals surface area contributed by atoms with E-state index in [1.54, 1.807) is 14.0 Å². The van der Waals surface area contributed by atoms with E-state index in [1.165, 1.54) is 0 Å². The number of carboxylic acid groups (broad SMARTS) is 1.